The fourth-order valence-electron chi connectivity index (χ4n) is 2.66. The molecule has 1 unspecified atom stereocenters. The molecular weight excluding hydrogens is 238 g/mol. The maximum atomic E-state index is 12.3. The van der Waals surface area contributed by atoms with E-state index in [2.05, 4.69) is 32.9 Å². The second-order valence-electron chi connectivity index (χ2n) is 5.60. The summed E-state index contributed by atoms with van der Waals surface area (Å²) in [7, 11) is 0. The van der Waals surface area contributed by atoms with Gasteiger partial charge in [-0.2, -0.15) is 0 Å². The minimum Gasteiger partial charge on any atom is -0.391 e. The molecule has 1 fully saturated rings. The number of carbonyl (C=O) groups is 1. The van der Waals surface area contributed by atoms with E-state index in [1.165, 1.54) is 16.7 Å². The molecule has 0 saturated carbocycles. The quantitative estimate of drug-likeness (QED) is 0.886. The van der Waals surface area contributed by atoms with E-state index in [0.29, 0.717) is 13.0 Å². The Morgan fingerprint density at radius 3 is 2.74 bits per heavy atom. The Balaban J connectivity index is 2.08. The van der Waals surface area contributed by atoms with Crippen LogP contribution in [-0.4, -0.2) is 35.1 Å². The molecule has 1 aromatic rings. The highest BCUT2D eigenvalue weighted by molar-refractivity contribution is 5.79. The van der Waals surface area contributed by atoms with Crippen molar-refractivity contribution in [3.63, 3.8) is 0 Å². The highest BCUT2D eigenvalue weighted by Crippen LogP contribution is 2.19. The molecule has 1 atom stereocenters. The smallest absolute Gasteiger partial charge is 0.227 e. The van der Waals surface area contributed by atoms with Gasteiger partial charge in [-0.25, -0.2) is 0 Å². The monoisotopic (exact) mass is 261 g/mol. The first-order valence-corrected chi connectivity index (χ1v) is 7.00. The lowest BCUT2D eigenvalue weighted by atomic mass is 9.96. The number of likely N-dealkylation sites (tertiary alicyclic amines) is 1. The zero-order chi connectivity index (χ0) is 14.0. The Bertz CT molecular complexity index is 482. The Kier molecular flexibility index (Phi) is 4.25. The number of aliphatic hydroxyl groups is 1. The van der Waals surface area contributed by atoms with Gasteiger partial charge in [0.15, 0.2) is 0 Å². The van der Waals surface area contributed by atoms with Gasteiger partial charge in [0.1, 0.15) is 0 Å². The summed E-state index contributed by atoms with van der Waals surface area (Å²) in [6.07, 6.45) is 1.81. The fourth-order valence-corrected chi connectivity index (χ4v) is 2.66. The van der Waals surface area contributed by atoms with Crippen molar-refractivity contribution in [1.82, 2.24) is 4.90 Å². The van der Waals surface area contributed by atoms with Crippen LogP contribution in [-0.2, 0) is 11.2 Å². The molecule has 3 heteroatoms. The van der Waals surface area contributed by atoms with Crippen LogP contribution in [0.2, 0.25) is 0 Å². The molecule has 19 heavy (non-hydrogen) atoms. The van der Waals surface area contributed by atoms with Crippen molar-refractivity contribution in [1.29, 1.82) is 0 Å². The predicted molar refractivity (Wildman–Crippen MR) is 76.2 cm³/mol. The van der Waals surface area contributed by atoms with E-state index >= 15 is 0 Å². The normalized spacial score (nSPS) is 19.6. The zero-order valence-corrected chi connectivity index (χ0v) is 12.1. The summed E-state index contributed by atoms with van der Waals surface area (Å²) in [5, 5.41) is 9.64. The lowest BCUT2D eigenvalue weighted by Gasteiger charge is -2.30. The summed E-state index contributed by atoms with van der Waals surface area (Å²) in [5.74, 6) is 0.130. The van der Waals surface area contributed by atoms with Crippen LogP contribution in [0.5, 0.6) is 0 Å². The molecular formula is C16H23NO2. The first-order valence-electron chi connectivity index (χ1n) is 7.00. The fraction of sp³-hybridized carbons (Fsp3) is 0.562. The van der Waals surface area contributed by atoms with Crippen LogP contribution in [0.4, 0.5) is 0 Å². The minimum atomic E-state index is -0.349. The van der Waals surface area contributed by atoms with E-state index in [4.69, 9.17) is 0 Å². The Labute approximate surface area is 115 Å². The molecule has 1 saturated heterocycles. The van der Waals surface area contributed by atoms with Gasteiger partial charge in [-0.15, -0.1) is 0 Å². The van der Waals surface area contributed by atoms with Gasteiger partial charge in [-0.3, -0.25) is 4.79 Å². The van der Waals surface area contributed by atoms with E-state index in [-0.39, 0.29) is 12.0 Å². The SMILES string of the molecule is Cc1ccc(CC(=O)N2CCCC(O)C2)c(C)c1C. The molecule has 3 nitrogen and oxygen atoms in total. The summed E-state index contributed by atoms with van der Waals surface area (Å²) >= 11 is 0. The van der Waals surface area contributed by atoms with E-state index in [1.54, 1.807) is 4.90 Å². The predicted octanol–water partition coefficient (Wildman–Crippen LogP) is 2.14. The molecule has 0 spiro atoms. The van der Waals surface area contributed by atoms with Crippen LogP contribution in [0.15, 0.2) is 12.1 Å². The Morgan fingerprint density at radius 1 is 1.32 bits per heavy atom. The average molecular weight is 261 g/mol. The second kappa shape index (κ2) is 5.74. The van der Waals surface area contributed by atoms with Crippen molar-refractivity contribution in [2.45, 2.75) is 46.1 Å². The molecule has 1 aliphatic rings. The molecule has 2 rings (SSSR count). The van der Waals surface area contributed by atoms with Gasteiger partial charge in [0, 0.05) is 13.1 Å². The maximum absolute atomic E-state index is 12.3. The van der Waals surface area contributed by atoms with Crippen LogP contribution >= 0.6 is 0 Å². The topological polar surface area (TPSA) is 40.5 Å². The van der Waals surface area contributed by atoms with Crippen molar-refractivity contribution < 1.29 is 9.90 Å². The minimum absolute atomic E-state index is 0.130. The van der Waals surface area contributed by atoms with Crippen LogP contribution in [0, 0.1) is 20.8 Å². The highest BCUT2D eigenvalue weighted by Gasteiger charge is 2.22. The van der Waals surface area contributed by atoms with E-state index < -0.39 is 0 Å². The number of hydrogen-bond acceptors (Lipinski definition) is 2. The molecule has 0 aliphatic carbocycles. The summed E-state index contributed by atoms with van der Waals surface area (Å²) in [4.78, 5) is 14.1. The molecule has 1 amide bonds. The lowest BCUT2D eigenvalue weighted by Crippen LogP contribution is -2.42. The Hall–Kier alpha value is -1.35. The number of piperidine rings is 1. The van der Waals surface area contributed by atoms with Gasteiger partial charge in [-0.05, 0) is 55.9 Å². The number of nitrogens with zero attached hydrogens (tertiary/aromatic N) is 1. The van der Waals surface area contributed by atoms with E-state index in [9.17, 15) is 9.90 Å². The number of aryl methyl sites for hydroxylation is 1. The number of rotatable bonds is 2. The van der Waals surface area contributed by atoms with Crippen molar-refractivity contribution in [3.8, 4) is 0 Å². The van der Waals surface area contributed by atoms with Crippen LogP contribution in [0.3, 0.4) is 0 Å². The third kappa shape index (κ3) is 3.16. The molecule has 0 bridgehead atoms. The molecule has 1 N–H and O–H groups in total. The van der Waals surface area contributed by atoms with Crippen molar-refractivity contribution in [3.05, 3.63) is 34.4 Å². The van der Waals surface area contributed by atoms with Crippen molar-refractivity contribution in [2.75, 3.05) is 13.1 Å². The molecule has 0 radical (unpaired) electrons. The number of amides is 1. The number of β-amino-alcohol motifs (C(OH)–C–C–N with tert-alkyl or cyclic N) is 1. The summed E-state index contributed by atoms with van der Waals surface area (Å²) in [5.41, 5.74) is 4.85. The molecule has 1 aromatic carbocycles. The van der Waals surface area contributed by atoms with Gasteiger partial charge in [0.05, 0.1) is 12.5 Å². The number of aliphatic hydroxyl groups excluding tert-OH is 1. The first kappa shape index (κ1) is 14.1. The summed E-state index contributed by atoms with van der Waals surface area (Å²) < 4.78 is 0. The van der Waals surface area contributed by atoms with E-state index in [1.807, 2.05) is 0 Å². The van der Waals surface area contributed by atoms with Gasteiger partial charge in [0.2, 0.25) is 5.91 Å². The number of benzene rings is 1. The summed E-state index contributed by atoms with van der Waals surface area (Å²) in [6.45, 7) is 7.54. The molecule has 1 heterocycles. The molecule has 1 aliphatic heterocycles. The number of carbonyl (C=O) groups excluding carboxylic acids is 1. The second-order valence-corrected chi connectivity index (χ2v) is 5.60. The molecule has 0 aromatic heterocycles. The van der Waals surface area contributed by atoms with Crippen LogP contribution < -0.4 is 0 Å². The van der Waals surface area contributed by atoms with Gasteiger partial charge >= 0.3 is 0 Å². The van der Waals surface area contributed by atoms with Crippen LogP contribution in [0.1, 0.15) is 35.1 Å². The first-order chi connectivity index (χ1) is 8.99. The van der Waals surface area contributed by atoms with Crippen LogP contribution in [0.25, 0.3) is 0 Å². The summed E-state index contributed by atoms with van der Waals surface area (Å²) in [6, 6.07) is 4.13. The van der Waals surface area contributed by atoms with E-state index in [0.717, 1.165) is 24.9 Å². The maximum Gasteiger partial charge on any atom is 0.227 e. The third-order valence-corrected chi connectivity index (χ3v) is 4.26. The highest BCUT2D eigenvalue weighted by atomic mass is 16.3. The standard InChI is InChI=1S/C16H23NO2/c1-11-6-7-14(13(3)12(11)2)9-16(19)17-8-4-5-15(18)10-17/h6-7,15,18H,4-5,8-10H2,1-3H3. The van der Waals surface area contributed by atoms with Gasteiger partial charge < -0.3 is 10.0 Å². The third-order valence-electron chi connectivity index (χ3n) is 4.26. The largest absolute Gasteiger partial charge is 0.391 e. The lowest BCUT2D eigenvalue weighted by molar-refractivity contribution is -0.133. The average Bonchev–Trinajstić information content (AvgIpc) is 2.39. The Morgan fingerprint density at radius 2 is 2.05 bits per heavy atom. The van der Waals surface area contributed by atoms with Crippen molar-refractivity contribution >= 4 is 5.91 Å². The number of hydrogen-bond donors (Lipinski definition) is 1. The van der Waals surface area contributed by atoms with Gasteiger partial charge in [0.25, 0.3) is 0 Å². The van der Waals surface area contributed by atoms with Gasteiger partial charge in [-0.1, -0.05) is 12.1 Å². The zero-order valence-electron chi connectivity index (χ0n) is 12.1. The van der Waals surface area contributed by atoms with Crippen molar-refractivity contribution in [2.24, 2.45) is 0 Å². The molecule has 104 valence electrons.